The predicted molar refractivity (Wildman–Crippen MR) is 80.3 cm³/mol. The summed E-state index contributed by atoms with van der Waals surface area (Å²) in [6.07, 6.45) is 3.62. The van der Waals surface area contributed by atoms with E-state index in [2.05, 4.69) is 43.3 Å². The Balaban J connectivity index is 3.02. The molecule has 1 aromatic carbocycles. The molecule has 0 radical (unpaired) electrons. The Labute approximate surface area is 111 Å². The third-order valence-electron chi connectivity index (χ3n) is 2.55. The van der Waals surface area contributed by atoms with Crippen LogP contribution < -0.4 is 0 Å². The summed E-state index contributed by atoms with van der Waals surface area (Å²) in [4.78, 5) is 0. The molecular weight excluding hydrogens is 216 g/mol. The maximum atomic E-state index is 2.23. The zero-order valence-electron chi connectivity index (χ0n) is 11.1. The number of aryl methyl sites for hydroxylation is 1. The molecule has 18 heavy (non-hydrogen) atoms. The molecule has 0 aliphatic rings. The highest BCUT2D eigenvalue weighted by Gasteiger charge is 1.86. The van der Waals surface area contributed by atoms with E-state index in [9.17, 15) is 0 Å². The van der Waals surface area contributed by atoms with Gasteiger partial charge in [-0.15, -0.1) is 0 Å². The molecule has 0 aliphatic heterocycles. The molecule has 94 valence electrons. The van der Waals surface area contributed by atoms with E-state index in [4.69, 9.17) is 0 Å². The third kappa shape index (κ3) is 7.45. The Bertz CT molecular complexity index is 397. The number of hydrogen-bond donors (Lipinski definition) is 0. The Hall–Kier alpha value is -1.82. The Kier molecular flexibility index (Phi) is 8.18. The lowest BCUT2D eigenvalue weighted by Crippen LogP contribution is -1.80. The molecule has 1 rings (SSSR count). The number of rotatable bonds is 3. The number of hydrogen-bond acceptors (Lipinski definition) is 0. The van der Waals surface area contributed by atoms with E-state index >= 15 is 0 Å². The fourth-order valence-electron chi connectivity index (χ4n) is 1.54. The van der Waals surface area contributed by atoms with Crippen LogP contribution in [0.2, 0.25) is 0 Å². The third-order valence-corrected chi connectivity index (χ3v) is 2.55. The Morgan fingerprint density at radius 1 is 0.611 bits per heavy atom. The average Bonchev–Trinajstić information content (AvgIpc) is 2.39. The van der Waals surface area contributed by atoms with Crippen LogP contribution in [0.3, 0.4) is 0 Å². The van der Waals surface area contributed by atoms with Gasteiger partial charge in [0.15, 0.2) is 0 Å². The van der Waals surface area contributed by atoms with Gasteiger partial charge in [0.1, 0.15) is 0 Å². The molecule has 0 aliphatic carbocycles. The molecule has 0 amide bonds. The summed E-state index contributed by atoms with van der Waals surface area (Å²) in [5.41, 5.74) is 1.38. The van der Waals surface area contributed by atoms with Gasteiger partial charge in [0, 0.05) is 0 Å². The van der Waals surface area contributed by atoms with Crippen molar-refractivity contribution in [2.24, 2.45) is 0 Å². The van der Waals surface area contributed by atoms with Gasteiger partial charge in [0.2, 0.25) is 0 Å². The average molecular weight is 238 g/mol. The molecule has 0 aromatic heterocycles. The van der Waals surface area contributed by atoms with Crippen molar-refractivity contribution >= 4 is 0 Å². The van der Waals surface area contributed by atoms with Gasteiger partial charge in [-0.3, -0.25) is 0 Å². The molecule has 0 fully saturated rings. The van der Waals surface area contributed by atoms with Gasteiger partial charge < -0.3 is 0 Å². The molecule has 0 saturated heterocycles. The first-order chi connectivity index (χ1) is 8.93. The summed E-state index contributed by atoms with van der Waals surface area (Å²) in [6, 6.07) is 26.9. The molecule has 0 bridgehead atoms. The van der Waals surface area contributed by atoms with Crippen LogP contribution in [-0.2, 0) is 6.42 Å². The van der Waals surface area contributed by atoms with Crippen molar-refractivity contribution in [1.29, 1.82) is 0 Å². The maximum Gasteiger partial charge on any atom is -0.0279 e. The lowest BCUT2D eigenvalue weighted by molar-refractivity contribution is 0.795. The first-order valence-corrected chi connectivity index (χ1v) is 6.64. The highest BCUT2D eigenvalue weighted by atomic mass is 13.9. The van der Waals surface area contributed by atoms with E-state index in [-0.39, 0.29) is 0 Å². The second-order valence-corrected chi connectivity index (χ2v) is 4.13. The second-order valence-electron chi connectivity index (χ2n) is 4.13. The SMILES string of the molecule is CCCCc1ccccccccccccc1. The lowest BCUT2D eigenvalue weighted by atomic mass is 10.1. The van der Waals surface area contributed by atoms with Gasteiger partial charge in [0.05, 0.1) is 0 Å². The van der Waals surface area contributed by atoms with Crippen LogP contribution >= 0.6 is 0 Å². The van der Waals surface area contributed by atoms with Crippen LogP contribution in [0.5, 0.6) is 0 Å². The first-order valence-electron chi connectivity index (χ1n) is 6.64. The van der Waals surface area contributed by atoms with Crippen LogP contribution in [-0.4, -0.2) is 0 Å². The van der Waals surface area contributed by atoms with Gasteiger partial charge in [-0.05, 0) is 18.4 Å². The highest BCUT2D eigenvalue weighted by molar-refractivity contribution is 5.11. The van der Waals surface area contributed by atoms with E-state index in [1.807, 2.05) is 42.5 Å². The van der Waals surface area contributed by atoms with Crippen molar-refractivity contribution < 1.29 is 0 Å². The zero-order valence-corrected chi connectivity index (χ0v) is 11.1. The number of unbranched alkanes of at least 4 members (excludes halogenated alkanes) is 1. The first kappa shape index (κ1) is 14.2. The topological polar surface area (TPSA) is 0 Å². The second kappa shape index (κ2) is 10.3. The van der Waals surface area contributed by atoms with Gasteiger partial charge in [-0.1, -0.05) is 92.2 Å². The van der Waals surface area contributed by atoms with Gasteiger partial charge >= 0.3 is 0 Å². The zero-order chi connectivity index (χ0) is 12.9. The molecule has 0 spiro atoms. The molecule has 0 heterocycles. The molecule has 0 atom stereocenters. The fourth-order valence-corrected chi connectivity index (χ4v) is 1.54. The quantitative estimate of drug-likeness (QED) is 0.672. The largest absolute Gasteiger partial charge is 0.0654 e. The Morgan fingerprint density at radius 2 is 1.00 bits per heavy atom. The minimum atomic E-state index is 1.14. The predicted octanol–water partition coefficient (Wildman–Crippen LogP) is 5.28. The molecule has 0 heteroatoms. The van der Waals surface area contributed by atoms with E-state index < -0.39 is 0 Å². The minimum absolute atomic E-state index is 1.14. The van der Waals surface area contributed by atoms with Crippen LogP contribution in [0, 0.1) is 0 Å². The van der Waals surface area contributed by atoms with Crippen LogP contribution in [0.25, 0.3) is 0 Å². The molecule has 0 unspecified atom stereocenters. The highest BCUT2D eigenvalue weighted by Crippen LogP contribution is 2.01. The van der Waals surface area contributed by atoms with Crippen molar-refractivity contribution in [3.05, 3.63) is 84.4 Å². The maximum absolute atomic E-state index is 2.23. The minimum Gasteiger partial charge on any atom is -0.0654 e. The van der Waals surface area contributed by atoms with Crippen LogP contribution in [0.15, 0.2) is 78.9 Å². The molecule has 1 aromatic rings. The van der Waals surface area contributed by atoms with Crippen molar-refractivity contribution in [3.63, 3.8) is 0 Å². The van der Waals surface area contributed by atoms with Crippen LogP contribution in [0.1, 0.15) is 25.3 Å². The van der Waals surface area contributed by atoms with Crippen molar-refractivity contribution in [2.45, 2.75) is 26.2 Å². The van der Waals surface area contributed by atoms with Crippen molar-refractivity contribution in [3.8, 4) is 0 Å². The van der Waals surface area contributed by atoms with E-state index in [1.165, 1.54) is 18.4 Å². The molecular formula is C18H22. The summed E-state index contributed by atoms with van der Waals surface area (Å²) in [7, 11) is 0. The monoisotopic (exact) mass is 238 g/mol. The van der Waals surface area contributed by atoms with E-state index in [1.54, 1.807) is 0 Å². The Morgan fingerprint density at radius 3 is 1.39 bits per heavy atom. The van der Waals surface area contributed by atoms with Gasteiger partial charge in [-0.25, -0.2) is 0 Å². The van der Waals surface area contributed by atoms with E-state index in [0.717, 1.165) is 6.42 Å². The smallest absolute Gasteiger partial charge is 0.0279 e. The lowest BCUT2D eigenvalue weighted by Gasteiger charge is -1.94. The summed E-state index contributed by atoms with van der Waals surface area (Å²) < 4.78 is 0. The summed E-state index contributed by atoms with van der Waals surface area (Å²) in [5, 5.41) is 0. The molecule has 0 nitrogen and oxygen atoms in total. The van der Waals surface area contributed by atoms with Crippen molar-refractivity contribution in [1.82, 2.24) is 0 Å². The normalized spacial score (nSPS) is 8.94. The van der Waals surface area contributed by atoms with Crippen LogP contribution in [0.4, 0.5) is 0 Å². The summed E-state index contributed by atoms with van der Waals surface area (Å²) in [6.45, 7) is 2.23. The van der Waals surface area contributed by atoms with Crippen molar-refractivity contribution in [2.75, 3.05) is 0 Å². The summed E-state index contributed by atoms with van der Waals surface area (Å²) in [5.74, 6) is 0. The standard InChI is InChI=1S/C18H22/c1-2-3-15-18-16-13-11-9-7-5-4-6-8-10-12-14-17-18/h4-14,16-17H,2-3,15H2,1H3. The molecule has 0 saturated carbocycles. The molecule has 0 N–H and O–H groups in total. The summed E-state index contributed by atoms with van der Waals surface area (Å²) >= 11 is 0. The fraction of sp³-hybridized carbons (Fsp3) is 0.222. The van der Waals surface area contributed by atoms with E-state index in [0.29, 0.717) is 0 Å². The van der Waals surface area contributed by atoms with Gasteiger partial charge in [-0.2, -0.15) is 0 Å². The van der Waals surface area contributed by atoms with Gasteiger partial charge in [0.25, 0.3) is 0 Å².